The molecule has 1 saturated heterocycles. The lowest BCUT2D eigenvalue weighted by atomic mass is 10.1. The van der Waals surface area contributed by atoms with Crippen LogP contribution in [0, 0.1) is 12.8 Å². The molecule has 0 aliphatic carbocycles. The highest BCUT2D eigenvalue weighted by atomic mass is 16.5. The molecule has 1 atom stereocenters. The van der Waals surface area contributed by atoms with Gasteiger partial charge in [0, 0.05) is 38.2 Å². The lowest BCUT2D eigenvalue weighted by Gasteiger charge is -2.36. The molecule has 1 aliphatic rings. The smallest absolute Gasteiger partial charge is 0.253 e. The van der Waals surface area contributed by atoms with E-state index in [1.807, 2.05) is 47.9 Å². The first-order valence-corrected chi connectivity index (χ1v) is 9.16. The maximum absolute atomic E-state index is 12.9. The van der Waals surface area contributed by atoms with Crippen LogP contribution in [0.15, 0.2) is 24.3 Å². The molecule has 138 valence electrons. The number of aryl methyl sites for hydroxylation is 1. The second kappa shape index (κ2) is 8.99. The minimum Gasteiger partial charge on any atom is -0.373 e. The Morgan fingerprint density at radius 3 is 2.56 bits per heavy atom. The minimum absolute atomic E-state index is 0.0243. The molecular formula is C20H30N2O3. The van der Waals surface area contributed by atoms with Gasteiger partial charge in [-0.3, -0.25) is 9.59 Å². The molecule has 25 heavy (non-hydrogen) atoms. The quantitative estimate of drug-likeness (QED) is 0.796. The molecule has 0 unspecified atom stereocenters. The van der Waals surface area contributed by atoms with Crippen molar-refractivity contribution in [3.8, 4) is 0 Å². The van der Waals surface area contributed by atoms with Crippen LogP contribution in [-0.2, 0) is 9.53 Å². The first kappa shape index (κ1) is 19.4. The predicted molar refractivity (Wildman–Crippen MR) is 98.5 cm³/mol. The number of nitrogens with zero attached hydrogens (tertiary/aromatic N) is 2. The average Bonchev–Trinajstić information content (AvgIpc) is 2.60. The van der Waals surface area contributed by atoms with Gasteiger partial charge in [0.25, 0.3) is 5.91 Å². The molecule has 1 aromatic carbocycles. The highest BCUT2D eigenvalue weighted by Gasteiger charge is 2.27. The fraction of sp³-hybridized carbons (Fsp3) is 0.600. The Hall–Kier alpha value is -1.88. The Balaban J connectivity index is 2.07. The highest BCUT2D eigenvalue weighted by molar-refractivity contribution is 5.94. The minimum atomic E-state index is -0.127. The summed E-state index contributed by atoms with van der Waals surface area (Å²) < 4.78 is 5.83. The van der Waals surface area contributed by atoms with Gasteiger partial charge in [-0.25, -0.2) is 0 Å². The third kappa shape index (κ3) is 5.56. The number of benzene rings is 1. The summed E-state index contributed by atoms with van der Waals surface area (Å²) in [5, 5.41) is 0. The number of ether oxygens (including phenoxy) is 1. The van der Waals surface area contributed by atoms with Crippen LogP contribution in [0.5, 0.6) is 0 Å². The molecule has 5 nitrogen and oxygen atoms in total. The van der Waals surface area contributed by atoms with Crippen LogP contribution in [0.3, 0.4) is 0 Å². The van der Waals surface area contributed by atoms with E-state index in [-0.39, 0.29) is 17.9 Å². The first-order valence-electron chi connectivity index (χ1n) is 9.16. The van der Waals surface area contributed by atoms with Gasteiger partial charge in [-0.1, -0.05) is 38.5 Å². The summed E-state index contributed by atoms with van der Waals surface area (Å²) in [6.07, 6.45) is 0.377. The van der Waals surface area contributed by atoms with Gasteiger partial charge in [0.1, 0.15) is 0 Å². The van der Waals surface area contributed by atoms with Crippen LogP contribution in [-0.4, -0.2) is 60.5 Å². The maximum atomic E-state index is 12.9. The lowest BCUT2D eigenvalue weighted by molar-refractivity contribution is -0.138. The van der Waals surface area contributed by atoms with Crippen LogP contribution >= 0.6 is 0 Å². The van der Waals surface area contributed by atoms with Crippen LogP contribution < -0.4 is 0 Å². The topological polar surface area (TPSA) is 49.9 Å². The van der Waals surface area contributed by atoms with Gasteiger partial charge in [0.15, 0.2) is 0 Å². The third-order valence-electron chi connectivity index (χ3n) is 4.39. The number of hydrogen-bond acceptors (Lipinski definition) is 3. The Kier molecular flexibility index (Phi) is 7.00. The zero-order valence-electron chi connectivity index (χ0n) is 15.8. The van der Waals surface area contributed by atoms with E-state index in [0.717, 1.165) is 5.56 Å². The van der Waals surface area contributed by atoms with E-state index < -0.39 is 0 Å². The SMILES string of the molecule is CCC(=O)N1CCO[C@@H](CN(CC(C)C)C(=O)c2ccc(C)cc2)C1. The Labute approximate surface area is 150 Å². The summed E-state index contributed by atoms with van der Waals surface area (Å²) in [5.41, 5.74) is 1.83. The van der Waals surface area contributed by atoms with E-state index in [1.54, 1.807) is 0 Å². The van der Waals surface area contributed by atoms with Crippen LogP contribution in [0.4, 0.5) is 0 Å². The lowest BCUT2D eigenvalue weighted by Crippen LogP contribution is -2.51. The van der Waals surface area contributed by atoms with Crippen molar-refractivity contribution in [1.82, 2.24) is 9.80 Å². The van der Waals surface area contributed by atoms with Gasteiger partial charge in [0.05, 0.1) is 12.7 Å². The number of carbonyl (C=O) groups is 2. The van der Waals surface area contributed by atoms with Crippen molar-refractivity contribution in [3.63, 3.8) is 0 Å². The summed E-state index contributed by atoms with van der Waals surface area (Å²) in [6, 6.07) is 7.67. The number of carbonyl (C=O) groups excluding carboxylic acids is 2. The Morgan fingerprint density at radius 1 is 1.28 bits per heavy atom. The van der Waals surface area contributed by atoms with Gasteiger partial charge in [-0.05, 0) is 25.0 Å². The average molecular weight is 346 g/mol. The molecule has 1 aliphatic heterocycles. The molecular weight excluding hydrogens is 316 g/mol. The zero-order chi connectivity index (χ0) is 18.4. The monoisotopic (exact) mass is 346 g/mol. The van der Waals surface area contributed by atoms with E-state index in [4.69, 9.17) is 4.74 Å². The largest absolute Gasteiger partial charge is 0.373 e. The van der Waals surface area contributed by atoms with Crippen LogP contribution in [0.1, 0.15) is 43.1 Å². The number of hydrogen-bond donors (Lipinski definition) is 0. The summed E-state index contributed by atoms with van der Waals surface area (Å²) in [7, 11) is 0. The molecule has 1 aromatic rings. The van der Waals surface area contributed by atoms with E-state index in [9.17, 15) is 9.59 Å². The van der Waals surface area contributed by atoms with Crippen molar-refractivity contribution in [3.05, 3.63) is 35.4 Å². The summed E-state index contributed by atoms with van der Waals surface area (Å²) in [6.45, 7) is 11.0. The predicted octanol–water partition coefficient (Wildman–Crippen LogP) is 2.73. The molecule has 1 heterocycles. The summed E-state index contributed by atoms with van der Waals surface area (Å²) >= 11 is 0. The molecule has 0 aromatic heterocycles. The Morgan fingerprint density at radius 2 is 1.96 bits per heavy atom. The van der Waals surface area contributed by atoms with Gasteiger partial charge in [0.2, 0.25) is 5.91 Å². The summed E-state index contributed by atoms with van der Waals surface area (Å²) in [5.74, 6) is 0.538. The van der Waals surface area contributed by atoms with Crippen molar-refractivity contribution in [2.45, 2.75) is 40.2 Å². The van der Waals surface area contributed by atoms with Crippen molar-refractivity contribution in [1.29, 1.82) is 0 Å². The number of rotatable bonds is 6. The number of morpholine rings is 1. The van der Waals surface area contributed by atoms with E-state index >= 15 is 0 Å². The van der Waals surface area contributed by atoms with Crippen molar-refractivity contribution >= 4 is 11.8 Å². The Bertz CT molecular complexity index is 583. The molecule has 2 rings (SSSR count). The van der Waals surface area contributed by atoms with Gasteiger partial charge >= 0.3 is 0 Å². The highest BCUT2D eigenvalue weighted by Crippen LogP contribution is 2.14. The number of amides is 2. The van der Waals surface area contributed by atoms with Crippen molar-refractivity contribution in [2.75, 3.05) is 32.8 Å². The molecule has 0 spiro atoms. The van der Waals surface area contributed by atoms with Gasteiger partial charge in [-0.15, -0.1) is 0 Å². The summed E-state index contributed by atoms with van der Waals surface area (Å²) in [4.78, 5) is 28.6. The maximum Gasteiger partial charge on any atom is 0.253 e. The second-order valence-corrected chi connectivity index (χ2v) is 7.16. The van der Waals surface area contributed by atoms with E-state index in [1.165, 1.54) is 0 Å². The molecule has 1 fully saturated rings. The van der Waals surface area contributed by atoms with Crippen LogP contribution in [0.2, 0.25) is 0 Å². The molecule has 0 N–H and O–H groups in total. The van der Waals surface area contributed by atoms with Crippen molar-refractivity contribution < 1.29 is 14.3 Å². The first-order chi connectivity index (χ1) is 11.9. The molecule has 5 heteroatoms. The second-order valence-electron chi connectivity index (χ2n) is 7.16. The standard InChI is InChI=1S/C20H30N2O3/c1-5-19(23)21-10-11-25-18(13-21)14-22(12-15(2)3)20(24)17-8-6-16(4)7-9-17/h6-9,15,18H,5,10-14H2,1-4H3/t18-/m1/s1. The van der Waals surface area contributed by atoms with E-state index in [2.05, 4.69) is 13.8 Å². The molecule has 2 amide bonds. The fourth-order valence-corrected chi connectivity index (χ4v) is 3.09. The molecule has 0 bridgehead atoms. The molecule has 0 radical (unpaired) electrons. The normalized spacial score (nSPS) is 17.6. The fourth-order valence-electron chi connectivity index (χ4n) is 3.09. The third-order valence-corrected chi connectivity index (χ3v) is 4.39. The van der Waals surface area contributed by atoms with Crippen LogP contribution in [0.25, 0.3) is 0 Å². The van der Waals surface area contributed by atoms with Gasteiger partial charge < -0.3 is 14.5 Å². The zero-order valence-corrected chi connectivity index (χ0v) is 15.8. The van der Waals surface area contributed by atoms with Crippen molar-refractivity contribution in [2.24, 2.45) is 5.92 Å². The van der Waals surface area contributed by atoms with E-state index in [0.29, 0.717) is 50.7 Å². The molecule has 0 saturated carbocycles. The van der Waals surface area contributed by atoms with Gasteiger partial charge in [-0.2, -0.15) is 0 Å².